The van der Waals surface area contributed by atoms with Crippen molar-refractivity contribution in [2.24, 2.45) is 0 Å². The molecule has 25 heavy (non-hydrogen) atoms. The summed E-state index contributed by atoms with van der Waals surface area (Å²) in [5.41, 5.74) is 0.778. The zero-order valence-electron chi connectivity index (χ0n) is 13.5. The highest BCUT2D eigenvalue weighted by Crippen LogP contribution is 2.19. The van der Waals surface area contributed by atoms with Crippen LogP contribution < -0.4 is 5.32 Å². The van der Waals surface area contributed by atoms with Crippen LogP contribution in [0.5, 0.6) is 0 Å². The van der Waals surface area contributed by atoms with Gasteiger partial charge in [0, 0.05) is 24.8 Å². The minimum Gasteiger partial charge on any atom is -0.340 e. The monoisotopic (exact) mass is 364 g/mol. The molecule has 132 valence electrons. The quantitative estimate of drug-likeness (QED) is 0.886. The summed E-state index contributed by atoms with van der Waals surface area (Å²) in [5.74, 6) is -0.265. The maximum absolute atomic E-state index is 12.9. The first kappa shape index (κ1) is 17.3. The third-order valence-electron chi connectivity index (χ3n) is 4.08. The van der Waals surface area contributed by atoms with E-state index < -0.39 is 9.84 Å². The predicted molar refractivity (Wildman–Crippen MR) is 90.9 cm³/mol. The Morgan fingerprint density at radius 1 is 1.28 bits per heavy atom. The highest BCUT2D eigenvalue weighted by Gasteiger charge is 2.33. The van der Waals surface area contributed by atoms with Gasteiger partial charge in [0.25, 0.3) is 5.91 Å². The van der Waals surface area contributed by atoms with E-state index in [2.05, 4.69) is 15.3 Å². The van der Waals surface area contributed by atoms with Crippen LogP contribution in [-0.2, 0) is 9.84 Å². The maximum Gasteiger partial charge on any atom is 0.272 e. The number of anilines is 2. The largest absolute Gasteiger partial charge is 0.340 e. The van der Waals surface area contributed by atoms with Crippen molar-refractivity contribution in [1.82, 2.24) is 14.9 Å². The fraction of sp³-hybridized carbons (Fsp3) is 0.312. The van der Waals surface area contributed by atoms with E-state index in [1.807, 2.05) is 0 Å². The molecule has 9 heteroatoms. The lowest BCUT2D eigenvalue weighted by Gasteiger charge is -2.23. The molecule has 1 unspecified atom stereocenters. The number of nitrogens with one attached hydrogen (secondary N) is 1. The number of hydrogen-bond acceptors (Lipinski definition) is 6. The standard InChI is InChI=1S/C16H17FN4O3S/c1-21(13-6-7-25(23,24)9-13)16(22)14-8-15(19-10-18-14)20-12-4-2-11(17)3-5-12/h2-5,8,10,13H,6-7,9H2,1H3,(H,18,19,20). The summed E-state index contributed by atoms with van der Waals surface area (Å²) in [4.78, 5) is 22.0. The second-order valence-electron chi connectivity index (χ2n) is 5.89. The second-order valence-corrected chi connectivity index (χ2v) is 8.12. The first-order chi connectivity index (χ1) is 11.8. The third-order valence-corrected chi connectivity index (χ3v) is 5.83. The molecule has 2 heterocycles. The number of nitrogens with zero attached hydrogens (tertiary/aromatic N) is 3. The van der Waals surface area contributed by atoms with Crippen molar-refractivity contribution >= 4 is 27.2 Å². The van der Waals surface area contributed by atoms with Crippen LogP contribution in [-0.4, -0.2) is 53.8 Å². The number of hydrogen-bond donors (Lipinski definition) is 1. The Hall–Kier alpha value is -2.55. The van der Waals surface area contributed by atoms with Crippen molar-refractivity contribution in [3.63, 3.8) is 0 Å². The molecule has 1 N–H and O–H groups in total. The van der Waals surface area contributed by atoms with Crippen molar-refractivity contribution in [2.45, 2.75) is 12.5 Å². The first-order valence-electron chi connectivity index (χ1n) is 7.66. The van der Waals surface area contributed by atoms with Crippen molar-refractivity contribution in [2.75, 3.05) is 23.9 Å². The minimum atomic E-state index is -3.08. The average Bonchev–Trinajstić information content (AvgIpc) is 2.96. The Kier molecular flexibility index (Phi) is 4.67. The van der Waals surface area contributed by atoms with Crippen LogP contribution >= 0.6 is 0 Å². The lowest BCUT2D eigenvalue weighted by molar-refractivity contribution is 0.0741. The van der Waals surface area contributed by atoms with Gasteiger partial charge in [-0.15, -0.1) is 0 Å². The fourth-order valence-corrected chi connectivity index (χ4v) is 4.43. The molecular weight excluding hydrogens is 347 g/mol. The molecule has 1 fully saturated rings. The summed E-state index contributed by atoms with van der Waals surface area (Å²) in [7, 11) is -1.51. The molecule has 0 spiro atoms. The third kappa shape index (κ3) is 4.11. The van der Waals surface area contributed by atoms with Crippen LogP contribution in [0.4, 0.5) is 15.9 Å². The van der Waals surface area contributed by atoms with Crippen LogP contribution in [0.15, 0.2) is 36.7 Å². The topological polar surface area (TPSA) is 92.3 Å². The molecule has 1 aliphatic heterocycles. The maximum atomic E-state index is 12.9. The smallest absolute Gasteiger partial charge is 0.272 e. The lowest BCUT2D eigenvalue weighted by atomic mass is 10.2. The molecule has 0 saturated carbocycles. The van der Waals surface area contributed by atoms with E-state index in [1.54, 1.807) is 19.2 Å². The van der Waals surface area contributed by atoms with Crippen molar-refractivity contribution in [1.29, 1.82) is 0 Å². The number of halogens is 1. The number of carbonyl (C=O) groups excluding carboxylic acids is 1. The molecule has 1 amide bonds. The number of carbonyl (C=O) groups is 1. The van der Waals surface area contributed by atoms with Crippen molar-refractivity contribution in [3.05, 3.63) is 48.2 Å². The average molecular weight is 364 g/mol. The van der Waals surface area contributed by atoms with Crippen LogP contribution in [0.25, 0.3) is 0 Å². The van der Waals surface area contributed by atoms with Gasteiger partial charge in [0.05, 0.1) is 11.5 Å². The molecular formula is C16H17FN4O3S. The molecule has 1 aromatic carbocycles. The number of sulfone groups is 1. The van der Waals surface area contributed by atoms with Gasteiger partial charge in [0.15, 0.2) is 9.84 Å². The Morgan fingerprint density at radius 3 is 2.64 bits per heavy atom. The summed E-state index contributed by atoms with van der Waals surface area (Å²) in [6.45, 7) is 0. The van der Waals surface area contributed by atoms with Gasteiger partial charge in [-0.05, 0) is 30.7 Å². The summed E-state index contributed by atoms with van der Waals surface area (Å²) in [6, 6.07) is 6.85. The number of amides is 1. The van der Waals surface area contributed by atoms with Gasteiger partial charge in [0.2, 0.25) is 0 Å². The summed E-state index contributed by atoms with van der Waals surface area (Å²) in [6.07, 6.45) is 1.68. The van der Waals surface area contributed by atoms with E-state index in [0.29, 0.717) is 17.9 Å². The molecule has 1 saturated heterocycles. The zero-order valence-corrected chi connectivity index (χ0v) is 14.3. The minimum absolute atomic E-state index is 0.0268. The molecule has 0 radical (unpaired) electrons. The van der Waals surface area contributed by atoms with Crippen LogP contribution in [0.3, 0.4) is 0 Å². The molecule has 3 rings (SSSR count). The Labute approximate surface area is 144 Å². The van der Waals surface area contributed by atoms with Gasteiger partial charge in [-0.25, -0.2) is 22.8 Å². The molecule has 7 nitrogen and oxygen atoms in total. The van der Waals surface area contributed by atoms with E-state index in [9.17, 15) is 17.6 Å². The van der Waals surface area contributed by atoms with Gasteiger partial charge in [-0.2, -0.15) is 0 Å². The van der Waals surface area contributed by atoms with E-state index in [4.69, 9.17) is 0 Å². The van der Waals surface area contributed by atoms with Crippen LogP contribution in [0.1, 0.15) is 16.9 Å². The predicted octanol–water partition coefficient (Wildman–Crippen LogP) is 1.62. The van der Waals surface area contributed by atoms with Gasteiger partial charge in [-0.3, -0.25) is 4.79 Å². The summed E-state index contributed by atoms with van der Waals surface area (Å²) >= 11 is 0. The normalized spacial score (nSPS) is 18.7. The molecule has 2 aromatic rings. The molecule has 1 atom stereocenters. The van der Waals surface area contributed by atoms with Crippen LogP contribution in [0, 0.1) is 5.82 Å². The van der Waals surface area contributed by atoms with E-state index in [1.165, 1.54) is 29.4 Å². The lowest BCUT2D eigenvalue weighted by Crippen LogP contribution is -2.38. The SMILES string of the molecule is CN(C(=O)c1cc(Nc2ccc(F)cc2)ncn1)C1CCS(=O)(=O)C1. The summed E-state index contributed by atoms with van der Waals surface area (Å²) in [5, 5.41) is 2.96. The van der Waals surface area contributed by atoms with Gasteiger partial charge in [0.1, 0.15) is 23.7 Å². The zero-order chi connectivity index (χ0) is 18.0. The van der Waals surface area contributed by atoms with Gasteiger partial charge in [-0.1, -0.05) is 0 Å². The van der Waals surface area contributed by atoms with E-state index in [0.717, 1.165) is 0 Å². The first-order valence-corrected chi connectivity index (χ1v) is 9.48. The fourth-order valence-electron chi connectivity index (χ4n) is 2.65. The Balaban J connectivity index is 1.74. The van der Waals surface area contributed by atoms with Crippen molar-refractivity contribution in [3.8, 4) is 0 Å². The van der Waals surface area contributed by atoms with Crippen molar-refractivity contribution < 1.29 is 17.6 Å². The molecule has 0 aliphatic carbocycles. The van der Waals surface area contributed by atoms with Crippen LogP contribution in [0.2, 0.25) is 0 Å². The Bertz CT molecular complexity index is 887. The van der Waals surface area contributed by atoms with Gasteiger partial charge < -0.3 is 10.2 Å². The molecule has 1 aromatic heterocycles. The second kappa shape index (κ2) is 6.75. The number of rotatable bonds is 4. The molecule has 1 aliphatic rings. The Morgan fingerprint density at radius 2 is 2.00 bits per heavy atom. The molecule has 0 bridgehead atoms. The number of benzene rings is 1. The number of aromatic nitrogens is 2. The summed E-state index contributed by atoms with van der Waals surface area (Å²) < 4.78 is 36.1. The highest BCUT2D eigenvalue weighted by molar-refractivity contribution is 7.91. The van der Waals surface area contributed by atoms with E-state index >= 15 is 0 Å². The van der Waals surface area contributed by atoms with E-state index in [-0.39, 0.29) is 35.0 Å². The van der Waals surface area contributed by atoms with Gasteiger partial charge >= 0.3 is 0 Å². The highest BCUT2D eigenvalue weighted by atomic mass is 32.2.